The molecule has 0 amide bonds. The van der Waals surface area contributed by atoms with E-state index in [2.05, 4.69) is 37.9 Å². The van der Waals surface area contributed by atoms with E-state index in [0.29, 0.717) is 0 Å². The van der Waals surface area contributed by atoms with Crippen LogP contribution in [0, 0.1) is 6.04 Å². The van der Waals surface area contributed by atoms with E-state index >= 15 is 0 Å². The Morgan fingerprint density at radius 2 is 1.85 bits per heavy atom. The average Bonchev–Trinajstić information content (AvgIpc) is 2.14. The lowest BCUT2D eigenvalue weighted by Gasteiger charge is -2.23. The third-order valence-electron chi connectivity index (χ3n) is 2.12. The van der Waals surface area contributed by atoms with Crippen molar-refractivity contribution in [2.75, 3.05) is 26.2 Å². The molecule has 0 aromatic carbocycles. The van der Waals surface area contributed by atoms with Crippen LogP contribution in [0.4, 0.5) is 0 Å². The third kappa shape index (κ3) is 7.03. The molecule has 13 heavy (non-hydrogen) atoms. The summed E-state index contributed by atoms with van der Waals surface area (Å²) >= 11 is 0. The van der Waals surface area contributed by atoms with Gasteiger partial charge in [-0.05, 0) is 39.4 Å². The van der Waals surface area contributed by atoms with Crippen LogP contribution in [0.5, 0.6) is 0 Å². The summed E-state index contributed by atoms with van der Waals surface area (Å²) in [6.07, 6.45) is 2.45. The van der Waals surface area contributed by atoms with E-state index in [4.69, 9.17) is 0 Å². The summed E-state index contributed by atoms with van der Waals surface area (Å²) in [6, 6.07) is 1.40. The van der Waals surface area contributed by atoms with Crippen LogP contribution in [-0.4, -0.2) is 31.1 Å². The maximum atomic E-state index is 3.43. The SMILES string of the molecule is CCCN[C](C)CN(CC)CCC. The molecular weight excluding hydrogens is 160 g/mol. The molecule has 0 aliphatic rings. The van der Waals surface area contributed by atoms with Gasteiger partial charge in [-0.2, -0.15) is 0 Å². The zero-order chi connectivity index (χ0) is 10.1. The third-order valence-corrected chi connectivity index (χ3v) is 2.12. The van der Waals surface area contributed by atoms with Gasteiger partial charge in [0.05, 0.1) is 0 Å². The molecule has 0 aliphatic carbocycles. The molecule has 2 nitrogen and oxygen atoms in total. The molecule has 79 valence electrons. The zero-order valence-corrected chi connectivity index (χ0v) is 9.69. The Kier molecular flexibility index (Phi) is 8.46. The van der Waals surface area contributed by atoms with Crippen molar-refractivity contribution in [3.8, 4) is 0 Å². The van der Waals surface area contributed by atoms with Gasteiger partial charge in [-0.3, -0.25) is 0 Å². The van der Waals surface area contributed by atoms with Gasteiger partial charge in [0.15, 0.2) is 0 Å². The van der Waals surface area contributed by atoms with E-state index in [9.17, 15) is 0 Å². The molecule has 0 spiro atoms. The standard InChI is InChI=1S/C11H25N2/c1-5-8-12-11(4)10-13(7-3)9-6-2/h12H,5-10H2,1-4H3. The predicted molar refractivity (Wildman–Crippen MR) is 59.6 cm³/mol. The number of rotatable bonds is 8. The highest BCUT2D eigenvalue weighted by Gasteiger charge is 2.06. The topological polar surface area (TPSA) is 15.3 Å². The molecule has 2 heteroatoms. The molecule has 0 aliphatic heterocycles. The van der Waals surface area contributed by atoms with Crippen molar-refractivity contribution in [1.82, 2.24) is 10.2 Å². The minimum atomic E-state index is 1.10. The summed E-state index contributed by atoms with van der Waals surface area (Å²) in [7, 11) is 0. The number of nitrogens with zero attached hydrogens (tertiary/aromatic N) is 1. The molecule has 0 atom stereocenters. The highest BCUT2D eigenvalue weighted by atomic mass is 15.1. The van der Waals surface area contributed by atoms with Gasteiger partial charge >= 0.3 is 0 Å². The first kappa shape index (κ1) is 12.9. The Hall–Kier alpha value is -0.0800. The van der Waals surface area contributed by atoms with E-state index in [1.165, 1.54) is 25.4 Å². The Labute approximate surface area is 83.7 Å². The predicted octanol–water partition coefficient (Wildman–Crippen LogP) is 2.27. The zero-order valence-electron chi connectivity index (χ0n) is 9.69. The van der Waals surface area contributed by atoms with Gasteiger partial charge in [0, 0.05) is 12.6 Å². The first-order chi connectivity index (χ1) is 6.24. The van der Waals surface area contributed by atoms with Gasteiger partial charge in [-0.25, -0.2) is 0 Å². The van der Waals surface area contributed by atoms with Gasteiger partial charge in [0.2, 0.25) is 0 Å². The lowest BCUT2D eigenvalue weighted by molar-refractivity contribution is 0.289. The van der Waals surface area contributed by atoms with Crippen molar-refractivity contribution in [3.05, 3.63) is 6.04 Å². The molecule has 0 heterocycles. The minimum absolute atomic E-state index is 1.10. The van der Waals surface area contributed by atoms with Gasteiger partial charge in [0.25, 0.3) is 0 Å². The maximum Gasteiger partial charge on any atom is 0.0474 e. The van der Waals surface area contributed by atoms with Crippen molar-refractivity contribution in [1.29, 1.82) is 0 Å². The van der Waals surface area contributed by atoms with Crippen molar-refractivity contribution < 1.29 is 0 Å². The van der Waals surface area contributed by atoms with Crippen LogP contribution in [0.3, 0.4) is 0 Å². The molecule has 0 saturated heterocycles. The van der Waals surface area contributed by atoms with Crippen molar-refractivity contribution in [2.45, 2.75) is 40.5 Å². The summed E-state index contributed by atoms with van der Waals surface area (Å²) in [5, 5.41) is 3.43. The van der Waals surface area contributed by atoms with E-state index in [1.54, 1.807) is 0 Å². The molecule has 0 saturated carbocycles. The van der Waals surface area contributed by atoms with Crippen LogP contribution in [0.1, 0.15) is 40.5 Å². The van der Waals surface area contributed by atoms with Crippen LogP contribution in [0.15, 0.2) is 0 Å². The molecule has 0 unspecified atom stereocenters. The highest BCUT2D eigenvalue weighted by Crippen LogP contribution is 1.99. The van der Waals surface area contributed by atoms with Gasteiger partial charge < -0.3 is 10.2 Å². The Balaban J connectivity index is 3.53. The molecule has 0 fully saturated rings. The summed E-state index contributed by atoms with van der Waals surface area (Å²) in [5.74, 6) is 0. The fraction of sp³-hybridized carbons (Fsp3) is 0.909. The van der Waals surface area contributed by atoms with E-state index in [1.807, 2.05) is 0 Å². The molecule has 1 radical (unpaired) electrons. The van der Waals surface area contributed by atoms with E-state index in [0.717, 1.165) is 19.6 Å². The lowest BCUT2D eigenvalue weighted by atomic mass is 10.3. The van der Waals surface area contributed by atoms with Crippen LogP contribution >= 0.6 is 0 Å². The minimum Gasteiger partial charge on any atom is -0.309 e. The smallest absolute Gasteiger partial charge is 0.0474 e. The fourth-order valence-electron chi connectivity index (χ4n) is 1.39. The van der Waals surface area contributed by atoms with Crippen molar-refractivity contribution >= 4 is 0 Å². The first-order valence-corrected chi connectivity index (χ1v) is 5.53. The quantitative estimate of drug-likeness (QED) is 0.624. The Morgan fingerprint density at radius 1 is 1.15 bits per heavy atom. The lowest BCUT2D eigenvalue weighted by Crippen LogP contribution is -2.34. The summed E-state index contributed by atoms with van der Waals surface area (Å²) in [4.78, 5) is 2.47. The van der Waals surface area contributed by atoms with Gasteiger partial charge in [-0.15, -0.1) is 0 Å². The normalized spacial score (nSPS) is 11.5. The number of nitrogens with one attached hydrogen (secondary N) is 1. The maximum absolute atomic E-state index is 3.43. The van der Waals surface area contributed by atoms with E-state index < -0.39 is 0 Å². The summed E-state index contributed by atoms with van der Waals surface area (Å²) in [5.41, 5.74) is 0. The molecular formula is C11H25N2. The van der Waals surface area contributed by atoms with E-state index in [-0.39, 0.29) is 0 Å². The van der Waals surface area contributed by atoms with Crippen LogP contribution < -0.4 is 5.32 Å². The Bertz CT molecular complexity index is 104. The van der Waals surface area contributed by atoms with Crippen molar-refractivity contribution in [3.63, 3.8) is 0 Å². The molecule has 0 aromatic heterocycles. The summed E-state index contributed by atoms with van der Waals surface area (Å²) < 4.78 is 0. The molecule has 0 rings (SSSR count). The van der Waals surface area contributed by atoms with Gasteiger partial charge in [0.1, 0.15) is 0 Å². The second kappa shape index (κ2) is 8.52. The monoisotopic (exact) mass is 185 g/mol. The van der Waals surface area contributed by atoms with Crippen molar-refractivity contribution in [2.24, 2.45) is 0 Å². The fourth-order valence-corrected chi connectivity index (χ4v) is 1.39. The molecule has 1 N–H and O–H groups in total. The number of hydrogen-bond donors (Lipinski definition) is 1. The number of likely N-dealkylation sites (N-methyl/N-ethyl adjacent to an activating group) is 1. The highest BCUT2D eigenvalue weighted by molar-refractivity contribution is 4.84. The molecule has 0 bridgehead atoms. The average molecular weight is 185 g/mol. The van der Waals surface area contributed by atoms with Gasteiger partial charge in [-0.1, -0.05) is 20.8 Å². The first-order valence-electron chi connectivity index (χ1n) is 5.53. The van der Waals surface area contributed by atoms with Crippen LogP contribution in [0.2, 0.25) is 0 Å². The second-order valence-corrected chi connectivity index (χ2v) is 3.58. The van der Waals surface area contributed by atoms with Crippen LogP contribution in [-0.2, 0) is 0 Å². The Morgan fingerprint density at radius 3 is 2.31 bits per heavy atom. The van der Waals surface area contributed by atoms with Crippen LogP contribution in [0.25, 0.3) is 0 Å². The summed E-state index contributed by atoms with van der Waals surface area (Å²) in [6.45, 7) is 13.4. The largest absolute Gasteiger partial charge is 0.309 e. The second-order valence-electron chi connectivity index (χ2n) is 3.58. The molecule has 0 aromatic rings. The number of hydrogen-bond acceptors (Lipinski definition) is 2.